The van der Waals surface area contributed by atoms with Gasteiger partial charge in [-0.2, -0.15) is 13.2 Å². The van der Waals surface area contributed by atoms with E-state index in [0.717, 1.165) is 23.5 Å². The van der Waals surface area contributed by atoms with Crippen LogP contribution in [-0.4, -0.2) is 13.1 Å². The van der Waals surface area contributed by atoms with Crippen LogP contribution in [0, 0.1) is 0 Å². The summed E-state index contributed by atoms with van der Waals surface area (Å²) in [5.41, 5.74) is -0.593. The molecule has 0 saturated heterocycles. The highest BCUT2D eigenvalue weighted by Crippen LogP contribution is 2.43. The Hall–Kier alpha value is -1.96. The van der Waals surface area contributed by atoms with Gasteiger partial charge in [-0.25, -0.2) is 4.79 Å². The van der Waals surface area contributed by atoms with Crippen molar-refractivity contribution in [3.05, 3.63) is 62.4 Å². The van der Waals surface area contributed by atoms with E-state index in [1.807, 2.05) is 0 Å². The zero-order valence-electron chi connectivity index (χ0n) is 13.7. The van der Waals surface area contributed by atoms with Crippen LogP contribution in [0.3, 0.4) is 0 Å². The van der Waals surface area contributed by atoms with Crippen LogP contribution < -0.4 is 4.74 Å². The maximum atomic E-state index is 12.8. The number of hydrogen-bond acceptors (Lipinski definition) is 4. The van der Waals surface area contributed by atoms with E-state index in [2.05, 4.69) is 0 Å². The molecule has 0 aliphatic heterocycles. The number of fused-ring (bicyclic) bond motifs is 1. The minimum atomic E-state index is -4.47. The van der Waals surface area contributed by atoms with Crippen molar-refractivity contribution in [3.8, 4) is 5.75 Å². The van der Waals surface area contributed by atoms with Crippen molar-refractivity contribution in [2.75, 3.05) is 7.11 Å². The number of halogens is 5. The molecule has 0 unspecified atom stereocenters. The van der Waals surface area contributed by atoms with Gasteiger partial charge in [0, 0.05) is 5.39 Å². The second-order valence-electron chi connectivity index (χ2n) is 5.48. The number of esters is 1. The molecular weight excluding hydrogens is 424 g/mol. The molecule has 142 valence electrons. The van der Waals surface area contributed by atoms with Crippen molar-refractivity contribution in [2.24, 2.45) is 0 Å². The SMILES string of the molecule is COc1ccc2c(Cl)c(C(=O)OCc3cccc(C(F)(F)F)c3)sc2c1Cl. The molecule has 9 heteroatoms. The van der Waals surface area contributed by atoms with Crippen LogP contribution in [0.1, 0.15) is 20.8 Å². The Morgan fingerprint density at radius 3 is 2.56 bits per heavy atom. The number of thiophene rings is 1. The highest BCUT2D eigenvalue weighted by atomic mass is 35.5. The van der Waals surface area contributed by atoms with Crippen molar-refractivity contribution in [1.82, 2.24) is 0 Å². The molecule has 0 amide bonds. The zero-order chi connectivity index (χ0) is 19.8. The number of benzene rings is 2. The summed E-state index contributed by atoms with van der Waals surface area (Å²) < 4.78 is 49.1. The Morgan fingerprint density at radius 1 is 1.15 bits per heavy atom. The van der Waals surface area contributed by atoms with Crippen LogP contribution >= 0.6 is 34.5 Å². The Bertz CT molecular complexity index is 1010. The van der Waals surface area contributed by atoms with Gasteiger partial charge in [-0.15, -0.1) is 11.3 Å². The predicted molar refractivity (Wildman–Crippen MR) is 99.0 cm³/mol. The first-order chi connectivity index (χ1) is 12.7. The van der Waals surface area contributed by atoms with Gasteiger partial charge in [-0.1, -0.05) is 35.3 Å². The molecular formula is C18H11Cl2F3O3S. The lowest BCUT2D eigenvalue weighted by molar-refractivity contribution is -0.137. The molecule has 0 aliphatic carbocycles. The summed E-state index contributed by atoms with van der Waals surface area (Å²) in [7, 11) is 1.46. The lowest BCUT2D eigenvalue weighted by Gasteiger charge is -2.09. The number of hydrogen-bond donors (Lipinski definition) is 0. The van der Waals surface area contributed by atoms with Crippen molar-refractivity contribution in [2.45, 2.75) is 12.8 Å². The molecule has 0 radical (unpaired) electrons. The molecule has 0 atom stereocenters. The topological polar surface area (TPSA) is 35.5 Å². The summed E-state index contributed by atoms with van der Waals surface area (Å²) in [6.07, 6.45) is -4.47. The monoisotopic (exact) mass is 434 g/mol. The standard InChI is InChI=1S/C18H11Cl2F3O3S/c1-25-12-6-5-11-13(19)16(27-15(11)14(12)20)17(24)26-8-9-3-2-4-10(7-9)18(21,22)23/h2-7H,8H2,1H3. The quantitative estimate of drug-likeness (QED) is 0.434. The lowest BCUT2D eigenvalue weighted by atomic mass is 10.1. The van der Waals surface area contributed by atoms with Crippen molar-refractivity contribution in [1.29, 1.82) is 0 Å². The van der Waals surface area contributed by atoms with Crippen molar-refractivity contribution < 1.29 is 27.4 Å². The molecule has 0 aliphatic rings. The van der Waals surface area contributed by atoms with E-state index in [-0.39, 0.29) is 22.1 Å². The van der Waals surface area contributed by atoms with Gasteiger partial charge in [-0.3, -0.25) is 0 Å². The fourth-order valence-corrected chi connectivity index (χ4v) is 4.20. The number of alkyl halides is 3. The summed E-state index contributed by atoms with van der Waals surface area (Å²) in [6, 6.07) is 7.87. The highest BCUT2D eigenvalue weighted by Gasteiger charge is 2.30. The van der Waals surface area contributed by atoms with E-state index < -0.39 is 17.7 Å². The Kier molecular flexibility index (Phi) is 5.55. The van der Waals surface area contributed by atoms with Crippen LogP contribution in [0.15, 0.2) is 36.4 Å². The molecule has 0 fully saturated rings. The molecule has 2 aromatic carbocycles. The van der Waals surface area contributed by atoms with Crippen LogP contribution in [0.25, 0.3) is 10.1 Å². The van der Waals surface area contributed by atoms with Gasteiger partial charge < -0.3 is 9.47 Å². The first-order valence-corrected chi connectivity index (χ1v) is 9.07. The predicted octanol–water partition coefficient (Wildman–Crippen LogP) is 6.59. The van der Waals surface area contributed by atoms with Gasteiger partial charge >= 0.3 is 12.1 Å². The van der Waals surface area contributed by atoms with Gasteiger partial charge in [0.1, 0.15) is 22.3 Å². The summed E-state index contributed by atoms with van der Waals surface area (Å²) in [6.45, 7) is -0.315. The minimum absolute atomic E-state index is 0.119. The van der Waals surface area contributed by atoms with E-state index in [4.69, 9.17) is 32.7 Å². The van der Waals surface area contributed by atoms with Crippen LogP contribution in [0.5, 0.6) is 5.75 Å². The molecule has 1 heterocycles. The molecule has 27 heavy (non-hydrogen) atoms. The summed E-state index contributed by atoms with van der Waals surface area (Å²) in [5, 5.41) is 1.06. The molecule has 0 saturated carbocycles. The first-order valence-electron chi connectivity index (χ1n) is 7.50. The van der Waals surface area contributed by atoms with Crippen LogP contribution in [0.4, 0.5) is 13.2 Å². The summed E-state index contributed by atoms with van der Waals surface area (Å²) in [5.74, 6) is -0.306. The van der Waals surface area contributed by atoms with E-state index >= 15 is 0 Å². The largest absolute Gasteiger partial charge is 0.495 e. The van der Waals surface area contributed by atoms with Gasteiger partial charge in [-0.05, 0) is 29.8 Å². The fourth-order valence-electron chi connectivity index (χ4n) is 2.42. The first kappa shape index (κ1) is 19.8. The normalized spacial score (nSPS) is 11.6. The zero-order valence-corrected chi connectivity index (χ0v) is 16.0. The molecule has 1 aromatic heterocycles. The molecule has 3 aromatic rings. The van der Waals surface area contributed by atoms with Crippen molar-refractivity contribution in [3.63, 3.8) is 0 Å². The number of rotatable bonds is 4. The van der Waals surface area contributed by atoms with Crippen LogP contribution in [0.2, 0.25) is 10.0 Å². The van der Waals surface area contributed by atoms with Gasteiger partial charge in [0.25, 0.3) is 0 Å². The van der Waals surface area contributed by atoms with Crippen molar-refractivity contribution >= 4 is 50.6 Å². The molecule has 3 nitrogen and oxygen atoms in total. The molecule has 0 bridgehead atoms. The Balaban J connectivity index is 1.83. The fraction of sp³-hybridized carbons (Fsp3) is 0.167. The number of carbonyl (C=O) groups is 1. The summed E-state index contributed by atoms with van der Waals surface area (Å²) >= 11 is 13.5. The third kappa shape index (κ3) is 4.00. The second kappa shape index (κ2) is 7.58. The van der Waals surface area contributed by atoms with E-state index in [1.54, 1.807) is 12.1 Å². The number of methoxy groups -OCH3 is 1. The lowest BCUT2D eigenvalue weighted by Crippen LogP contribution is -2.07. The van der Waals surface area contributed by atoms with E-state index in [0.29, 0.717) is 20.9 Å². The van der Waals surface area contributed by atoms with Gasteiger partial charge in [0.15, 0.2) is 0 Å². The average Bonchev–Trinajstić information content (AvgIpc) is 2.97. The van der Waals surface area contributed by atoms with E-state index in [9.17, 15) is 18.0 Å². The van der Waals surface area contributed by atoms with Gasteiger partial charge in [0.2, 0.25) is 0 Å². The number of ether oxygens (including phenoxy) is 2. The molecule has 0 spiro atoms. The summed E-state index contributed by atoms with van der Waals surface area (Å²) in [4.78, 5) is 12.5. The van der Waals surface area contributed by atoms with Gasteiger partial charge in [0.05, 0.1) is 22.4 Å². The Morgan fingerprint density at radius 2 is 1.89 bits per heavy atom. The smallest absolute Gasteiger partial charge is 0.416 e. The minimum Gasteiger partial charge on any atom is -0.495 e. The third-order valence-corrected chi connectivity index (χ3v) is 5.93. The average molecular weight is 435 g/mol. The third-order valence-electron chi connectivity index (χ3n) is 3.73. The molecule has 0 N–H and O–H groups in total. The van der Waals surface area contributed by atoms with E-state index in [1.165, 1.54) is 19.2 Å². The maximum absolute atomic E-state index is 12.8. The maximum Gasteiger partial charge on any atom is 0.416 e. The number of carbonyl (C=O) groups excluding carboxylic acids is 1. The molecule has 3 rings (SSSR count). The van der Waals surface area contributed by atoms with Crippen LogP contribution in [-0.2, 0) is 17.5 Å². The second-order valence-corrected chi connectivity index (χ2v) is 7.25. The Labute approximate surface area is 166 Å². The highest BCUT2D eigenvalue weighted by molar-refractivity contribution is 7.22.